The molecule has 3 unspecified atom stereocenters. The largest absolute Gasteiger partial charge is 0.463 e. The third-order valence-electron chi connectivity index (χ3n) is 5.81. The van der Waals surface area contributed by atoms with Gasteiger partial charge in [0.05, 0.1) is 13.2 Å². The number of esters is 1. The number of carbonyl (C=O) groups is 1. The second kappa shape index (κ2) is 5.51. The van der Waals surface area contributed by atoms with Crippen molar-refractivity contribution >= 4 is 5.97 Å². The summed E-state index contributed by atoms with van der Waals surface area (Å²) in [4.78, 5) is 11.6. The molecule has 2 saturated carbocycles. The molecular formula is C17H28O3. The third kappa shape index (κ3) is 2.41. The number of hydrogen-bond donors (Lipinski definition) is 0. The van der Waals surface area contributed by atoms with E-state index in [-0.39, 0.29) is 5.97 Å². The molecule has 0 saturated heterocycles. The van der Waals surface area contributed by atoms with E-state index in [0.717, 1.165) is 24.5 Å². The third-order valence-corrected chi connectivity index (χ3v) is 5.81. The first-order valence-electron chi connectivity index (χ1n) is 7.72. The Hall–Kier alpha value is -0.830. The van der Waals surface area contributed by atoms with E-state index in [1.54, 1.807) is 7.11 Å². The van der Waals surface area contributed by atoms with E-state index in [9.17, 15) is 4.79 Å². The van der Waals surface area contributed by atoms with Gasteiger partial charge in [0, 0.05) is 18.1 Å². The van der Waals surface area contributed by atoms with E-state index in [1.807, 2.05) is 13.8 Å². The number of carbonyl (C=O) groups excluding carboxylic acids is 1. The lowest BCUT2D eigenvalue weighted by molar-refractivity contribution is -0.138. The molecule has 3 nitrogen and oxygen atoms in total. The zero-order valence-corrected chi connectivity index (χ0v) is 13.5. The van der Waals surface area contributed by atoms with Gasteiger partial charge in [-0.15, -0.1) is 0 Å². The Morgan fingerprint density at radius 2 is 2.10 bits per heavy atom. The Bertz CT molecular complexity index is 410. The predicted octanol–water partition coefficient (Wildman–Crippen LogP) is 3.58. The van der Waals surface area contributed by atoms with Crippen molar-refractivity contribution < 1.29 is 14.3 Å². The molecule has 0 aliphatic heterocycles. The van der Waals surface area contributed by atoms with Crippen LogP contribution in [0.3, 0.4) is 0 Å². The van der Waals surface area contributed by atoms with Gasteiger partial charge in [0.2, 0.25) is 0 Å². The first-order valence-corrected chi connectivity index (χ1v) is 7.72. The normalized spacial score (nSPS) is 34.8. The van der Waals surface area contributed by atoms with Gasteiger partial charge < -0.3 is 9.47 Å². The Kier molecular flexibility index (Phi) is 4.29. The van der Waals surface area contributed by atoms with Crippen molar-refractivity contribution in [2.45, 2.75) is 47.0 Å². The molecule has 114 valence electrons. The lowest BCUT2D eigenvalue weighted by Crippen LogP contribution is -2.32. The van der Waals surface area contributed by atoms with Crippen molar-refractivity contribution in [2.75, 3.05) is 20.3 Å². The van der Waals surface area contributed by atoms with Crippen molar-refractivity contribution in [1.29, 1.82) is 0 Å². The Morgan fingerprint density at radius 1 is 1.40 bits per heavy atom. The standard InChI is InChI=1S/C17H28O3/c1-6-20-15(18)12(2)7-8-13-9-14-10-17(14,11-19-5)16(13,3)4/h7,13-14H,6,8-11H2,1-5H3/b12-7+. The van der Waals surface area contributed by atoms with E-state index in [1.165, 1.54) is 12.8 Å². The zero-order chi connectivity index (χ0) is 15.0. The highest BCUT2D eigenvalue weighted by Gasteiger charge is 2.69. The molecular weight excluding hydrogens is 252 g/mol. The Morgan fingerprint density at radius 3 is 2.70 bits per heavy atom. The average molecular weight is 280 g/mol. The molecule has 0 spiro atoms. The fraction of sp³-hybridized carbons (Fsp3) is 0.824. The van der Waals surface area contributed by atoms with Crippen LogP contribution < -0.4 is 0 Å². The first-order chi connectivity index (χ1) is 9.39. The molecule has 0 N–H and O–H groups in total. The summed E-state index contributed by atoms with van der Waals surface area (Å²) in [5, 5.41) is 0. The second-order valence-electron chi connectivity index (χ2n) is 6.99. The van der Waals surface area contributed by atoms with E-state index >= 15 is 0 Å². The number of hydrogen-bond acceptors (Lipinski definition) is 3. The van der Waals surface area contributed by atoms with Crippen LogP contribution in [-0.4, -0.2) is 26.3 Å². The molecule has 2 aliphatic carbocycles. The van der Waals surface area contributed by atoms with Crippen LogP contribution in [0.1, 0.15) is 47.0 Å². The smallest absolute Gasteiger partial charge is 0.333 e. The number of allylic oxidation sites excluding steroid dienone is 1. The predicted molar refractivity (Wildman–Crippen MR) is 79.3 cm³/mol. The van der Waals surface area contributed by atoms with Gasteiger partial charge in [-0.05, 0) is 50.4 Å². The summed E-state index contributed by atoms with van der Waals surface area (Å²) >= 11 is 0. The van der Waals surface area contributed by atoms with Crippen LogP contribution in [0.5, 0.6) is 0 Å². The molecule has 0 aromatic rings. The van der Waals surface area contributed by atoms with Crippen LogP contribution in [0.15, 0.2) is 11.6 Å². The maximum absolute atomic E-state index is 11.6. The van der Waals surface area contributed by atoms with Crippen molar-refractivity contribution in [3.8, 4) is 0 Å². The summed E-state index contributed by atoms with van der Waals surface area (Å²) in [6, 6.07) is 0. The van der Waals surface area contributed by atoms with Crippen molar-refractivity contribution in [2.24, 2.45) is 22.7 Å². The number of fused-ring (bicyclic) bond motifs is 1. The average Bonchev–Trinajstić information content (AvgIpc) is 3.04. The molecule has 0 bridgehead atoms. The lowest BCUT2D eigenvalue weighted by atomic mass is 9.69. The van der Waals surface area contributed by atoms with Gasteiger partial charge in [-0.25, -0.2) is 4.79 Å². The van der Waals surface area contributed by atoms with Crippen molar-refractivity contribution in [3.05, 3.63) is 11.6 Å². The molecule has 2 fully saturated rings. The number of ether oxygens (including phenoxy) is 2. The van der Waals surface area contributed by atoms with E-state index in [4.69, 9.17) is 9.47 Å². The molecule has 20 heavy (non-hydrogen) atoms. The number of rotatable bonds is 6. The fourth-order valence-corrected chi connectivity index (χ4v) is 4.18. The fourth-order valence-electron chi connectivity index (χ4n) is 4.18. The van der Waals surface area contributed by atoms with Gasteiger partial charge in [0.1, 0.15) is 0 Å². The van der Waals surface area contributed by atoms with Crippen LogP contribution in [0.25, 0.3) is 0 Å². The maximum Gasteiger partial charge on any atom is 0.333 e. The summed E-state index contributed by atoms with van der Waals surface area (Å²) in [5.74, 6) is 1.28. The van der Waals surface area contributed by atoms with E-state index in [2.05, 4.69) is 19.9 Å². The van der Waals surface area contributed by atoms with Crippen LogP contribution in [0, 0.1) is 22.7 Å². The molecule has 3 atom stereocenters. The minimum atomic E-state index is -0.180. The quantitative estimate of drug-likeness (QED) is 0.551. The van der Waals surface area contributed by atoms with Crippen LogP contribution in [-0.2, 0) is 14.3 Å². The van der Waals surface area contributed by atoms with Gasteiger partial charge in [0.15, 0.2) is 0 Å². The first kappa shape index (κ1) is 15.6. The summed E-state index contributed by atoms with van der Waals surface area (Å²) in [6.07, 6.45) is 5.61. The summed E-state index contributed by atoms with van der Waals surface area (Å²) in [7, 11) is 1.80. The van der Waals surface area contributed by atoms with Gasteiger partial charge in [-0.2, -0.15) is 0 Å². The van der Waals surface area contributed by atoms with Gasteiger partial charge >= 0.3 is 5.97 Å². The molecule has 0 heterocycles. The van der Waals surface area contributed by atoms with Crippen LogP contribution in [0.4, 0.5) is 0 Å². The topological polar surface area (TPSA) is 35.5 Å². The monoisotopic (exact) mass is 280 g/mol. The highest BCUT2D eigenvalue weighted by atomic mass is 16.5. The molecule has 2 rings (SSSR count). The van der Waals surface area contributed by atoms with E-state index in [0.29, 0.717) is 23.4 Å². The highest BCUT2D eigenvalue weighted by molar-refractivity contribution is 5.87. The van der Waals surface area contributed by atoms with Gasteiger partial charge in [-0.3, -0.25) is 0 Å². The molecule has 3 heteroatoms. The molecule has 0 radical (unpaired) electrons. The molecule has 0 aromatic heterocycles. The minimum Gasteiger partial charge on any atom is -0.463 e. The van der Waals surface area contributed by atoms with Gasteiger partial charge in [-0.1, -0.05) is 19.9 Å². The molecule has 0 amide bonds. The van der Waals surface area contributed by atoms with E-state index < -0.39 is 0 Å². The summed E-state index contributed by atoms with van der Waals surface area (Å²) < 4.78 is 10.5. The lowest BCUT2D eigenvalue weighted by Gasteiger charge is -2.36. The Labute approximate surface area is 122 Å². The Balaban J connectivity index is 1.99. The SMILES string of the molecule is CCOC(=O)/C(C)=C/CC1CC2CC2(COC)C1(C)C. The second-order valence-corrected chi connectivity index (χ2v) is 6.99. The van der Waals surface area contributed by atoms with Crippen molar-refractivity contribution in [1.82, 2.24) is 0 Å². The van der Waals surface area contributed by atoms with Crippen LogP contribution >= 0.6 is 0 Å². The molecule has 2 aliphatic rings. The summed E-state index contributed by atoms with van der Waals surface area (Å²) in [5.41, 5.74) is 1.42. The number of methoxy groups -OCH3 is 1. The van der Waals surface area contributed by atoms with Gasteiger partial charge in [0.25, 0.3) is 0 Å². The molecule has 0 aromatic carbocycles. The zero-order valence-electron chi connectivity index (χ0n) is 13.5. The maximum atomic E-state index is 11.6. The van der Waals surface area contributed by atoms with Crippen LogP contribution in [0.2, 0.25) is 0 Å². The van der Waals surface area contributed by atoms with Crippen molar-refractivity contribution in [3.63, 3.8) is 0 Å². The summed E-state index contributed by atoms with van der Waals surface area (Å²) in [6.45, 7) is 9.76. The highest BCUT2D eigenvalue weighted by Crippen LogP contribution is 2.74. The minimum absolute atomic E-state index is 0.180.